The molecule has 6 nitrogen and oxygen atoms in total. The summed E-state index contributed by atoms with van der Waals surface area (Å²) in [5, 5.41) is 15.3. The number of amidine groups is 2. The molecule has 0 aliphatic heterocycles. The van der Waals surface area contributed by atoms with Gasteiger partial charge in [-0.2, -0.15) is 0 Å². The summed E-state index contributed by atoms with van der Waals surface area (Å²) in [5.41, 5.74) is 7.48. The van der Waals surface area contributed by atoms with Crippen LogP contribution in [0.5, 0.6) is 5.75 Å². The molecule has 0 saturated heterocycles. The van der Waals surface area contributed by atoms with Crippen molar-refractivity contribution in [1.29, 1.82) is 10.8 Å². The highest BCUT2D eigenvalue weighted by molar-refractivity contribution is 5.99. The summed E-state index contributed by atoms with van der Waals surface area (Å²) < 4.78 is 5.62. The monoisotopic (exact) mass is 352 g/mol. The number of nitrogens with two attached hydrogens (primary N) is 1. The van der Waals surface area contributed by atoms with Crippen LogP contribution in [0.3, 0.4) is 0 Å². The van der Waals surface area contributed by atoms with E-state index in [9.17, 15) is 4.79 Å². The maximum absolute atomic E-state index is 12.3. The van der Waals surface area contributed by atoms with E-state index in [4.69, 9.17) is 21.3 Å². The SMILES string of the molecule is CN(C)C(=N)c1ccc(C(=O)CCCOc2cccc(C(=N)N)c2)cc1. The van der Waals surface area contributed by atoms with Gasteiger partial charge in [0.1, 0.15) is 17.4 Å². The molecule has 0 aromatic heterocycles. The minimum atomic E-state index is -0.00331. The third-order valence-electron chi connectivity index (χ3n) is 3.89. The van der Waals surface area contributed by atoms with Crippen molar-refractivity contribution >= 4 is 17.5 Å². The van der Waals surface area contributed by atoms with Crippen molar-refractivity contribution < 1.29 is 9.53 Å². The van der Waals surface area contributed by atoms with Crippen molar-refractivity contribution in [3.63, 3.8) is 0 Å². The molecule has 26 heavy (non-hydrogen) atoms. The molecule has 0 amide bonds. The standard InChI is InChI=1S/C20H24N4O2/c1-24(2)20(23)15-10-8-14(9-11-15)18(25)7-4-12-26-17-6-3-5-16(13-17)19(21)22/h3,5-6,8-11,13,23H,4,7,12H2,1-2H3,(H3,21,22). The number of rotatable bonds is 8. The third-order valence-corrected chi connectivity index (χ3v) is 3.89. The second-order valence-corrected chi connectivity index (χ2v) is 6.14. The van der Waals surface area contributed by atoms with Crippen molar-refractivity contribution in [2.45, 2.75) is 12.8 Å². The van der Waals surface area contributed by atoms with Crippen LogP contribution in [0.25, 0.3) is 0 Å². The Bertz CT molecular complexity index is 798. The topological polar surface area (TPSA) is 103 Å². The van der Waals surface area contributed by atoms with Gasteiger partial charge in [0.05, 0.1) is 6.61 Å². The summed E-state index contributed by atoms with van der Waals surface area (Å²) in [4.78, 5) is 14.0. The van der Waals surface area contributed by atoms with Gasteiger partial charge in [-0.3, -0.25) is 15.6 Å². The molecule has 136 valence electrons. The summed E-state index contributed by atoms with van der Waals surface area (Å²) in [6.07, 6.45) is 0.981. The highest BCUT2D eigenvalue weighted by Gasteiger charge is 2.08. The molecule has 4 N–H and O–H groups in total. The maximum Gasteiger partial charge on any atom is 0.163 e. The second-order valence-electron chi connectivity index (χ2n) is 6.14. The Hall–Kier alpha value is -3.15. The maximum atomic E-state index is 12.3. The molecule has 2 aromatic carbocycles. The van der Waals surface area contributed by atoms with Crippen LogP contribution < -0.4 is 10.5 Å². The molecule has 0 spiro atoms. The van der Waals surface area contributed by atoms with Gasteiger partial charge in [-0.05, 0) is 18.6 Å². The van der Waals surface area contributed by atoms with Gasteiger partial charge in [0, 0.05) is 37.2 Å². The number of Topliss-reactive ketones (excluding diaryl/α,β-unsaturated/α-hetero) is 1. The van der Waals surface area contributed by atoms with Gasteiger partial charge in [0.2, 0.25) is 0 Å². The number of nitrogens with one attached hydrogen (secondary N) is 2. The van der Waals surface area contributed by atoms with Crippen molar-refractivity contribution in [3.8, 4) is 5.75 Å². The van der Waals surface area contributed by atoms with Gasteiger partial charge in [0.15, 0.2) is 5.78 Å². The van der Waals surface area contributed by atoms with E-state index in [1.54, 1.807) is 53.4 Å². The lowest BCUT2D eigenvalue weighted by Gasteiger charge is -2.13. The van der Waals surface area contributed by atoms with Crippen LogP contribution in [0.15, 0.2) is 48.5 Å². The molecule has 0 saturated carbocycles. The predicted octanol–water partition coefficient (Wildman–Crippen LogP) is 2.90. The Morgan fingerprint density at radius 2 is 1.69 bits per heavy atom. The fraction of sp³-hybridized carbons (Fsp3) is 0.250. The third kappa shape index (κ3) is 5.17. The fourth-order valence-corrected chi connectivity index (χ4v) is 2.39. The molecule has 0 unspecified atom stereocenters. The number of nitrogens with zero attached hydrogens (tertiary/aromatic N) is 1. The Kier molecular flexibility index (Phi) is 6.49. The summed E-state index contributed by atoms with van der Waals surface area (Å²) in [6.45, 7) is 0.413. The van der Waals surface area contributed by atoms with Crippen molar-refractivity contribution in [2.24, 2.45) is 5.73 Å². The first-order valence-corrected chi connectivity index (χ1v) is 8.35. The molecule has 0 radical (unpaired) electrons. The van der Waals surface area contributed by atoms with Gasteiger partial charge in [-0.1, -0.05) is 36.4 Å². The summed E-state index contributed by atoms with van der Waals surface area (Å²) >= 11 is 0. The van der Waals surface area contributed by atoms with Gasteiger partial charge in [-0.25, -0.2) is 0 Å². The van der Waals surface area contributed by atoms with Crippen LogP contribution in [-0.4, -0.2) is 43.1 Å². The van der Waals surface area contributed by atoms with Crippen LogP contribution >= 0.6 is 0 Å². The lowest BCUT2D eigenvalue weighted by Crippen LogP contribution is -2.21. The molecule has 0 aliphatic rings. The predicted molar refractivity (Wildman–Crippen MR) is 103 cm³/mol. The molecule has 2 rings (SSSR count). The molecule has 2 aromatic rings. The van der Waals surface area contributed by atoms with Crippen molar-refractivity contribution in [3.05, 3.63) is 65.2 Å². The normalized spacial score (nSPS) is 10.2. The first-order valence-electron chi connectivity index (χ1n) is 8.35. The zero-order chi connectivity index (χ0) is 19.1. The number of carbonyl (C=O) groups excluding carboxylic acids is 1. The summed E-state index contributed by atoms with van der Waals surface area (Å²) in [7, 11) is 3.63. The molecule has 0 fully saturated rings. The van der Waals surface area contributed by atoms with Crippen LogP contribution in [0, 0.1) is 10.8 Å². The van der Waals surface area contributed by atoms with Crippen LogP contribution in [0.2, 0.25) is 0 Å². The minimum Gasteiger partial charge on any atom is -0.494 e. The number of benzene rings is 2. The largest absolute Gasteiger partial charge is 0.494 e. The van der Waals surface area contributed by atoms with Crippen LogP contribution in [0.4, 0.5) is 0 Å². The van der Waals surface area contributed by atoms with E-state index in [2.05, 4.69) is 0 Å². The van der Waals surface area contributed by atoms with E-state index in [-0.39, 0.29) is 11.6 Å². The first-order chi connectivity index (χ1) is 12.4. The van der Waals surface area contributed by atoms with E-state index in [1.807, 2.05) is 14.1 Å². The lowest BCUT2D eigenvalue weighted by atomic mass is 10.0. The first kappa shape index (κ1) is 19.2. The van der Waals surface area contributed by atoms with Gasteiger partial charge in [0.25, 0.3) is 0 Å². The summed E-state index contributed by atoms with van der Waals surface area (Å²) in [6, 6.07) is 14.1. The Balaban J connectivity index is 1.82. The van der Waals surface area contributed by atoms with E-state index < -0.39 is 0 Å². The average Bonchev–Trinajstić information content (AvgIpc) is 2.64. The lowest BCUT2D eigenvalue weighted by molar-refractivity contribution is 0.0973. The fourth-order valence-electron chi connectivity index (χ4n) is 2.39. The molecular formula is C20H24N4O2. The number of ketones is 1. The quantitative estimate of drug-likeness (QED) is 0.294. The van der Waals surface area contributed by atoms with Gasteiger partial charge < -0.3 is 15.4 Å². The minimum absolute atomic E-state index is 0.00331. The number of ether oxygens (including phenoxy) is 1. The summed E-state index contributed by atoms with van der Waals surface area (Å²) in [5.74, 6) is 1.09. The zero-order valence-electron chi connectivity index (χ0n) is 15.1. The molecule has 0 heterocycles. The van der Waals surface area contributed by atoms with Crippen LogP contribution in [-0.2, 0) is 0 Å². The van der Waals surface area contributed by atoms with Crippen molar-refractivity contribution in [1.82, 2.24) is 4.90 Å². The van der Waals surface area contributed by atoms with Crippen molar-refractivity contribution in [2.75, 3.05) is 20.7 Å². The zero-order valence-corrected chi connectivity index (χ0v) is 15.1. The number of nitrogen functional groups attached to an aromatic ring is 1. The number of carbonyl (C=O) groups is 1. The Morgan fingerprint density at radius 3 is 2.31 bits per heavy atom. The highest BCUT2D eigenvalue weighted by atomic mass is 16.5. The molecule has 0 aliphatic carbocycles. The van der Waals surface area contributed by atoms with Gasteiger partial charge >= 0.3 is 0 Å². The van der Waals surface area contributed by atoms with E-state index in [1.165, 1.54) is 0 Å². The smallest absolute Gasteiger partial charge is 0.163 e. The molecule has 6 heteroatoms. The highest BCUT2D eigenvalue weighted by Crippen LogP contribution is 2.14. The average molecular weight is 352 g/mol. The Labute approximate surface area is 153 Å². The van der Waals surface area contributed by atoms with Crippen LogP contribution in [0.1, 0.15) is 34.3 Å². The van der Waals surface area contributed by atoms with E-state index >= 15 is 0 Å². The van der Waals surface area contributed by atoms with Gasteiger partial charge in [-0.15, -0.1) is 0 Å². The van der Waals surface area contributed by atoms with E-state index in [0.29, 0.717) is 42.2 Å². The Morgan fingerprint density at radius 1 is 1.04 bits per heavy atom. The molecule has 0 bridgehead atoms. The number of hydrogen-bond acceptors (Lipinski definition) is 4. The van der Waals surface area contributed by atoms with E-state index in [0.717, 1.165) is 5.56 Å². The second kappa shape index (κ2) is 8.80. The molecule has 0 atom stereocenters. The molecular weight excluding hydrogens is 328 g/mol. The number of hydrogen-bond donors (Lipinski definition) is 3.